The molecule has 1 aromatic heterocycles. The summed E-state index contributed by atoms with van der Waals surface area (Å²) in [6, 6.07) is 8.21. The fraction of sp³-hybridized carbons (Fsp3) is 0.333. The Hall–Kier alpha value is -3.09. The van der Waals surface area contributed by atoms with Gasteiger partial charge in [-0.25, -0.2) is 0 Å². The minimum Gasteiger partial charge on any atom is -0.460 e. The lowest BCUT2D eigenvalue weighted by atomic mass is 9.73. The van der Waals surface area contributed by atoms with Gasteiger partial charge in [-0.3, -0.25) is 9.59 Å². The van der Waals surface area contributed by atoms with Gasteiger partial charge in [0.1, 0.15) is 11.5 Å². The quantitative estimate of drug-likeness (QED) is 0.671. The topological polar surface area (TPSA) is 59.3 Å². The molecule has 3 aliphatic rings. The average molecular weight is 427 g/mol. The van der Waals surface area contributed by atoms with Crippen molar-refractivity contribution in [1.82, 2.24) is 5.32 Å². The Bertz CT molecular complexity index is 1110. The van der Waals surface area contributed by atoms with Crippen molar-refractivity contribution in [2.24, 2.45) is 0 Å². The molecule has 0 radical (unpaired) electrons. The Morgan fingerprint density at radius 2 is 1.52 bits per heavy atom. The molecule has 31 heavy (non-hydrogen) atoms. The largest absolute Gasteiger partial charge is 0.460 e. The van der Waals surface area contributed by atoms with Crippen LogP contribution >= 0.6 is 0 Å². The zero-order valence-corrected chi connectivity index (χ0v) is 16.6. The maximum absolute atomic E-state index is 13.1. The van der Waals surface area contributed by atoms with Gasteiger partial charge >= 0.3 is 6.18 Å². The van der Waals surface area contributed by atoms with Crippen LogP contribution in [0.1, 0.15) is 55.8 Å². The molecule has 0 saturated heterocycles. The van der Waals surface area contributed by atoms with Crippen molar-refractivity contribution >= 4 is 11.6 Å². The Kier molecular flexibility index (Phi) is 4.64. The van der Waals surface area contributed by atoms with E-state index in [9.17, 15) is 22.8 Å². The SMILES string of the molecule is O=C1CCCC2=C1C(c1ccc(-c3cccc(C(F)(F)F)c3)o1)C1=C(CCCC1=O)N2. The molecular weight excluding hydrogens is 407 g/mol. The summed E-state index contributed by atoms with van der Waals surface area (Å²) < 4.78 is 45.3. The molecule has 0 spiro atoms. The number of nitrogens with one attached hydrogen (secondary N) is 1. The highest BCUT2D eigenvalue weighted by atomic mass is 19.4. The van der Waals surface area contributed by atoms with E-state index >= 15 is 0 Å². The second kappa shape index (κ2) is 7.25. The van der Waals surface area contributed by atoms with Crippen LogP contribution in [0.2, 0.25) is 0 Å². The van der Waals surface area contributed by atoms with Gasteiger partial charge in [0.25, 0.3) is 0 Å². The van der Waals surface area contributed by atoms with E-state index in [1.807, 2.05) is 0 Å². The average Bonchev–Trinajstić information content (AvgIpc) is 3.22. The van der Waals surface area contributed by atoms with Gasteiger partial charge in [0.2, 0.25) is 0 Å². The summed E-state index contributed by atoms with van der Waals surface area (Å²) in [4.78, 5) is 25.7. The van der Waals surface area contributed by atoms with Gasteiger partial charge in [-0.1, -0.05) is 12.1 Å². The number of carbonyl (C=O) groups is 2. The summed E-state index contributed by atoms with van der Waals surface area (Å²) in [5.74, 6) is 0.0580. The molecule has 0 atom stereocenters. The predicted molar refractivity (Wildman–Crippen MR) is 107 cm³/mol. The molecule has 0 bridgehead atoms. The Labute approximate surface area is 176 Å². The van der Waals surface area contributed by atoms with E-state index in [1.165, 1.54) is 6.07 Å². The Balaban J connectivity index is 1.60. The van der Waals surface area contributed by atoms with Crippen LogP contribution in [0.4, 0.5) is 13.2 Å². The number of hydrogen-bond acceptors (Lipinski definition) is 4. The van der Waals surface area contributed by atoms with E-state index in [0.717, 1.165) is 49.2 Å². The molecule has 1 N–H and O–H groups in total. The molecule has 160 valence electrons. The number of allylic oxidation sites excluding steroid dienone is 4. The van der Waals surface area contributed by atoms with Crippen molar-refractivity contribution in [3.8, 4) is 11.3 Å². The van der Waals surface area contributed by atoms with Gasteiger partial charge in [0, 0.05) is 40.9 Å². The monoisotopic (exact) mass is 427 g/mol. The zero-order valence-electron chi connectivity index (χ0n) is 16.6. The van der Waals surface area contributed by atoms with Crippen LogP contribution in [0, 0.1) is 0 Å². The number of rotatable bonds is 2. The van der Waals surface area contributed by atoms with Crippen LogP contribution in [0.25, 0.3) is 11.3 Å². The summed E-state index contributed by atoms with van der Waals surface area (Å²) in [7, 11) is 0. The van der Waals surface area contributed by atoms with Crippen molar-refractivity contribution in [3.05, 3.63) is 70.3 Å². The molecule has 4 nitrogen and oxygen atoms in total. The zero-order chi connectivity index (χ0) is 21.8. The molecule has 0 fully saturated rings. The number of Topliss-reactive ketones (excluding diaryl/α,β-unsaturated/α-hetero) is 2. The number of ketones is 2. The smallest absolute Gasteiger partial charge is 0.416 e. The number of alkyl halides is 3. The predicted octanol–water partition coefficient (Wildman–Crippen LogP) is 5.67. The fourth-order valence-electron chi connectivity index (χ4n) is 4.78. The first-order valence-electron chi connectivity index (χ1n) is 10.4. The Morgan fingerprint density at radius 3 is 2.13 bits per heavy atom. The van der Waals surface area contributed by atoms with Gasteiger partial charge < -0.3 is 9.73 Å². The minimum atomic E-state index is -4.46. The summed E-state index contributed by atoms with van der Waals surface area (Å²) in [5.41, 5.74) is 2.34. The summed E-state index contributed by atoms with van der Waals surface area (Å²) in [6.07, 6.45) is -0.677. The molecule has 7 heteroatoms. The molecule has 1 aromatic carbocycles. The van der Waals surface area contributed by atoms with Gasteiger partial charge in [-0.15, -0.1) is 0 Å². The molecule has 5 rings (SSSR count). The van der Waals surface area contributed by atoms with Crippen LogP contribution in [-0.2, 0) is 15.8 Å². The Morgan fingerprint density at radius 1 is 0.871 bits per heavy atom. The highest BCUT2D eigenvalue weighted by Gasteiger charge is 2.41. The van der Waals surface area contributed by atoms with Crippen molar-refractivity contribution in [1.29, 1.82) is 0 Å². The summed E-state index contributed by atoms with van der Waals surface area (Å²) in [6.45, 7) is 0. The highest BCUT2D eigenvalue weighted by Crippen LogP contribution is 2.46. The third-order valence-electron chi connectivity index (χ3n) is 6.18. The number of carbonyl (C=O) groups excluding carboxylic acids is 2. The molecular formula is C24H20F3NO3. The number of benzene rings is 1. The summed E-state index contributed by atoms with van der Waals surface area (Å²) >= 11 is 0. The third kappa shape index (κ3) is 3.42. The second-order valence-electron chi connectivity index (χ2n) is 8.18. The molecule has 1 aliphatic heterocycles. The van der Waals surface area contributed by atoms with Crippen molar-refractivity contribution in [3.63, 3.8) is 0 Å². The van der Waals surface area contributed by atoms with E-state index in [1.54, 1.807) is 18.2 Å². The molecule has 0 amide bonds. The third-order valence-corrected chi connectivity index (χ3v) is 6.18. The molecule has 2 aromatic rings. The van der Waals surface area contributed by atoms with Crippen molar-refractivity contribution in [2.45, 2.75) is 50.6 Å². The number of halogens is 3. The first-order chi connectivity index (χ1) is 14.8. The molecule has 0 unspecified atom stereocenters. The number of dihydropyridines is 1. The molecule has 2 aliphatic carbocycles. The normalized spacial score (nSPS) is 20.0. The van der Waals surface area contributed by atoms with Gasteiger partial charge in [0.15, 0.2) is 11.6 Å². The second-order valence-corrected chi connectivity index (χ2v) is 8.18. The molecule has 0 saturated carbocycles. The maximum atomic E-state index is 13.1. The molecule has 2 heterocycles. The van der Waals surface area contributed by atoms with Gasteiger partial charge in [0.05, 0.1) is 11.5 Å². The van der Waals surface area contributed by atoms with E-state index in [2.05, 4.69) is 5.32 Å². The van der Waals surface area contributed by atoms with E-state index in [-0.39, 0.29) is 17.3 Å². The van der Waals surface area contributed by atoms with Crippen LogP contribution in [0.3, 0.4) is 0 Å². The van der Waals surface area contributed by atoms with Crippen LogP contribution in [0.5, 0.6) is 0 Å². The van der Waals surface area contributed by atoms with Crippen LogP contribution in [0.15, 0.2) is 63.4 Å². The lowest BCUT2D eigenvalue weighted by molar-refractivity contribution is -0.137. The first-order valence-corrected chi connectivity index (χ1v) is 10.4. The number of furan rings is 1. The van der Waals surface area contributed by atoms with E-state index < -0.39 is 17.7 Å². The highest BCUT2D eigenvalue weighted by molar-refractivity contribution is 6.06. The van der Waals surface area contributed by atoms with Crippen molar-refractivity contribution in [2.75, 3.05) is 0 Å². The van der Waals surface area contributed by atoms with E-state index in [0.29, 0.717) is 35.3 Å². The minimum absolute atomic E-state index is 0.0132. The van der Waals surface area contributed by atoms with Crippen LogP contribution < -0.4 is 5.32 Å². The first kappa shape index (κ1) is 19.8. The lowest BCUT2D eigenvalue weighted by Crippen LogP contribution is -2.36. The van der Waals surface area contributed by atoms with Crippen LogP contribution in [-0.4, -0.2) is 11.6 Å². The van der Waals surface area contributed by atoms with E-state index in [4.69, 9.17) is 4.42 Å². The maximum Gasteiger partial charge on any atom is 0.416 e. The van der Waals surface area contributed by atoms with Gasteiger partial charge in [-0.2, -0.15) is 13.2 Å². The lowest BCUT2D eigenvalue weighted by Gasteiger charge is -2.36. The number of hydrogen-bond donors (Lipinski definition) is 1. The van der Waals surface area contributed by atoms with Gasteiger partial charge in [-0.05, 0) is 49.9 Å². The van der Waals surface area contributed by atoms with Crippen molar-refractivity contribution < 1.29 is 27.2 Å². The summed E-state index contributed by atoms with van der Waals surface area (Å²) in [5, 5.41) is 3.33. The fourth-order valence-corrected chi connectivity index (χ4v) is 4.78. The standard InChI is InChI=1S/C24H20F3NO3/c25-24(26,27)14-5-1-4-13(12-14)19-10-11-20(31-19)23-21-15(6-2-8-17(21)29)28-16-7-3-9-18(30)22(16)23/h1,4-5,10-12,23,28H,2-3,6-9H2.